The van der Waals surface area contributed by atoms with Gasteiger partial charge in [-0.3, -0.25) is 20.0 Å². The average Bonchev–Trinajstić information content (AvgIpc) is 2.80. The molecular formula is C18H28N4O4S. The number of pyridine rings is 1. The van der Waals surface area contributed by atoms with Crippen LogP contribution in [0.3, 0.4) is 0 Å². The van der Waals surface area contributed by atoms with E-state index in [2.05, 4.69) is 10.3 Å². The van der Waals surface area contributed by atoms with Crippen molar-refractivity contribution in [1.82, 2.24) is 15.2 Å². The molecule has 4 N–H and O–H groups in total. The van der Waals surface area contributed by atoms with E-state index in [-0.39, 0.29) is 18.5 Å². The van der Waals surface area contributed by atoms with E-state index < -0.39 is 26.9 Å². The molecule has 9 heteroatoms. The summed E-state index contributed by atoms with van der Waals surface area (Å²) in [4.78, 5) is 18.1. The smallest absolute Gasteiger partial charge is 0.237 e. The highest BCUT2D eigenvalue weighted by Gasteiger charge is 2.52. The number of nitrogens with zero attached hydrogens (tertiary/aromatic N) is 2. The van der Waals surface area contributed by atoms with E-state index in [1.165, 1.54) is 6.20 Å². The lowest BCUT2D eigenvalue weighted by Crippen LogP contribution is -2.60. The third kappa shape index (κ3) is 4.16. The van der Waals surface area contributed by atoms with E-state index in [9.17, 15) is 18.3 Å². The number of primary amides is 1. The number of carbonyl (C=O) groups is 1. The molecule has 2 fully saturated rings. The van der Waals surface area contributed by atoms with Crippen LogP contribution in [0.5, 0.6) is 0 Å². The molecule has 2 aliphatic heterocycles. The molecule has 2 bridgehead atoms. The zero-order valence-corrected chi connectivity index (χ0v) is 16.4. The number of nitrogens with two attached hydrogens (primary N) is 1. The standard InChI is InChI=1S/C18H28N4O4S/c1-27(25,26)16(13-4-3-9-20-10-13)21-11-15(23)12-22-14-5-2-7-18(22,8-6-14)17(19)24/h3-4,9-10,14-16,21,23H,2,5-8,11-12H2,1H3,(H2,19,24)/t14-,15?,16?,18+/m1/s1. The topological polar surface area (TPSA) is 126 Å². The van der Waals surface area contributed by atoms with Gasteiger partial charge in [0.15, 0.2) is 9.84 Å². The first-order chi connectivity index (χ1) is 12.7. The van der Waals surface area contributed by atoms with Crippen molar-refractivity contribution in [2.45, 2.75) is 55.2 Å². The van der Waals surface area contributed by atoms with Gasteiger partial charge in [-0.15, -0.1) is 0 Å². The summed E-state index contributed by atoms with van der Waals surface area (Å²) in [6.45, 7) is 0.384. The molecule has 2 unspecified atom stereocenters. The van der Waals surface area contributed by atoms with Gasteiger partial charge in [0.1, 0.15) is 10.9 Å². The van der Waals surface area contributed by atoms with Gasteiger partial charge in [-0.25, -0.2) is 8.42 Å². The number of β-amino-alcohol motifs (C(OH)–C–C–N with tert-alkyl or cyclic N) is 1. The zero-order chi connectivity index (χ0) is 19.7. The second kappa shape index (κ2) is 7.83. The Hall–Kier alpha value is -1.55. The van der Waals surface area contributed by atoms with Crippen molar-refractivity contribution in [2.24, 2.45) is 5.73 Å². The molecule has 27 heavy (non-hydrogen) atoms. The van der Waals surface area contributed by atoms with Crippen LogP contribution in [0.15, 0.2) is 24.5 Å². The van der Waals surface area contributed by atoms with Gasteiger partial charge in [-0.1, -0.05) is 6.07 Å². The van der Waals surface area contributed by atoms with E-state index in [1.54, 1.807) is 18.3 Å². The van der Waals surface area contributed by atoms with Gasteiger partial charge in [0.2, 0.25) is 5.91 Å². The average molecular weight is 397 g/mol. The summed E-state index contributed by atoms with van der Waals surface area (Å²) in [6.07, 6.45) is 7.73. The number of nitrogens with one attached hydrogen (secondary N) is 1. The van der Waals surface area contributed by atoms with Crippen LogP contribution in [-0.2, 0) is 14.6 Å². The molecule has 2 aliphatic rings. The van der Waals surface area contributed by atoms with Crippen LogP contribution in [0.1, 0.15) is 43.0 Å². The van der Waals surface area contributed by atoms with Gasteiger partial charge in [-0.05, 0) is 38.2 Å². The largest absolute Gasteiger partial charge is 0.390 e. The Morgan fingerprint density at radius 3 is 2.89 bits per heavy atom. The molecule has 0 aromatic carbocycles. The van der Waals surface area contributed by atoms with Crippen LogP contribution >= 0.6 is 0 Å². The Kier molecular flexibility index (Phi) is 5.85. The molecule has 1 amide bonds. The Balaban J connectivity index is 1.66. The van der Waals surface area contributed by atoms with Crippen molar-refractivity contribution in [3.8, 4) is 0 Å². The Morgan fingerprint density at radius 2 is 2.26 bits per heavy atom. The second-order valence-electron chi connectivity index (χ2n) is 7.69. The van der Waals surface area contributed by atoms with Gasteiger partial charge in [0.05, 0.1) is 6.10 Å². The van der Waals surface area contributed by atoms with Crippen molar-refractivity contribution >= 4 is 15.7 Å². The summed E-state index contributed by atoms with van der Waals surface area (Å²) in [5.74, 6) is -0.325. The molecule has 150 valence electrons. The van der Waals surface area contributed by atoms with Crippen LogP contribution in [0.25, 0.3) is 0 Å². The van der Waals surface area contributed by atoms with Crippen molar-refractivity contribution in [1.29, 1.82) is 0 Å². The van der Waals surface area contributed by atoms with Gasteiger partial charge in [0.25, 0.3) is 0 Å². The maximum absolute atomic E-state index is 12.1. The van der Waals surface area contributed by atoms with Crippen LogP contribution in [-0.4, -0.2) is 66.3 Å². The summed E-state index contributed by atoms with van der Waals surface area (Å²) >= 11 is 0. The highest BCUT2D eigenvalue weighted by atomic mass is 32.2. The number of fused-ring (bicyclic) bond motifs is 2. The molecule has 8 nitrogen and oxygen atoms in total. The maximum atomic E-state index is 12.1. The highest BCUT2D eigenvalue weighted by Crippen LogP contribution is 2.43. The molecule has 0 saturated carbocycles. The Morgan fingerprint density at radius 1 is 1.48 bits per heavy atom. The highest BCUT2D eigenvalue weighted by molar-refractivity contribution is 7.90. The number of carbonyl (C=O) groups excluding carboxylic acids is 1. The molecule has 4 atom stereocenters. The first kappa shape index (κ1) is 20.2. The summed E-state index contributed by atoms with van der Waals surface area (Å²) in [5, 5.41) is 12.6. The third-order valence-corrected chi connectivity index (χ3v) is 7.12. The number of hydrogen-bond acceptors (Lipinski definition) is 7. The normalized spacial score (nSPS) is 28.0. The quantitative estimate of drug-likeness (QED) is 0.562. The first-order valence-corrected chi connectivity index (χ1v) is 11.3. The summed E-state index contributed by atoms with van der Waals surface area (Å²) in [7, 11) is -3.43. The minimum atomic E-state index is -3.43. The molecule has 3 heterocycles. The Labute approximate surface area is 160 Å². The lowest BCUT2D eigenvalue weighted by atomic mass is 9.87. The van der Waals surface area contributed by atoms with Crippen molar-refractivity contribution in [3.05, 3.63) is 30.1 Å². The number of sulfone groups is 1. The number of aliphatic hydroxyl groups is 1. The molecule has 3 rings (SSSR count). The van der Waals surface area contributed by atoms with E-state index in [1.807, 2.05) is 4.90 Å². The first-order valence-electron chi connectivity index (χ1n) is 9.31. The monoisotopic (exact) mass is 396 g/mol. The number of amides is 1. The van der Waals surface area contributed by atoms with Crippen LogP contribution in [0, 0.1) is 0 Å². The van der Waals surface area contributed by atoms with Crippen molar-refractivity contribution < 1.29 is 18.3 Å². The summed E-state index contributed by atoms with van der Waals surface area (Å²) < 4.78 is 24.3. The molecule has 1 aromatic rings. The van der Waals surface area contributed by atoms with E-state index in [0.717, 1.165) is 38.4 Å². The maximum Gasteiger partial charge on any atom is 0.237 e. The van der Waals surface area contributed by atoms with Gasteiger partial charge in [-0.2, -0.15) is 0 Å². The van der Waals surface area contributed by atoms with E-state index in [4.69, 9.17) is 5.73 Å². The van der Waals surface area contributed by atoms with Crippen LogP contribution in [0.2, 0.25) is 0 Å². The molecule has 0 aliphatic carbocycles. The third-order valence-electron chi connectivity index (χ3n) is 5.83. The number of piperidine rings is 1. The van der Waals surface area contributed by atoms with Gasteiger partial charge in [0, 0.05) is 43.3 Å². The number of aliphatic hydroxyl groups excluding tert-OH is 1. The SMILES string of the molecule is CS(=O)(=O)C(NCC(O)CN1[C@@H]2CCC[C@@]1(C(N)=O)CC2)c1cccnc1. The van der Waals surface area contributed by atoms with Crippen LogP contribution < -0.4 is 11.1 Å². The predicted molar refractivity (Wildman–Crippen MR) is 101 cm³/mol. The fourth-order valence-corrected chi connectivity index (χ4v) is 5.58. The molecule has 2 saturated heterocycles. The van der Waals surface area contributed by atoms with E-state index in [0.29, 0.717) is 12.1 Å². The molecule has 0 spiro atoms. The van der Waals surface area contributed by atoms with Crippen LogP contribution in [0.4, 0.5) is 0 Å². The number of rotatable bonds is 8. The minimum Gasteiger partial charge on any atom is -0.390 e. The lowest BCUT2D eigenvalue weighted by molar-refractivity contribution is -0.132. The second-order valence-corrected chi connectivity index (χ2v) is 9.82. The van der Waals surface area contributed by atoms with Crippen molar-refractivity contribution in [2.75, 3.05) is 19.3 Å². The lowest BCUT2D eigenvalue weighted by Gasteiger charge is -2.43. The van der Waals surface area contributed by atoms with Gasteiger partial charge < -0.3 is 10.8 Å². The fraction of sp³-hybridized carbons (Fsp3) is 0.667. The summed E-state index contributed by atoms with van der Waals surface area (Å²) in [5.41, 5.74) is 5.56. The molecule has 0 radical (unpaired) electrons. The van der Waals surface area contributed by atoms with E-state index >= 15 is 0 Å². The van der Waals surface area contributed by atoms with Gasteiger partial charge >= 0.3 is 0 Å². The molecule has 1 aromatic heterocycles. The Bertz CT molecular complexity index is 769. The summed E-state index contributed by atoms with van der Waals surface area (Å²) in [6, 6.07) is 3.61. The van der Waals surface area contributed by atoms with Crippen molar-refractivity contribution in [3.63, 3.8) is 0 Å². The predicted octanol–water partition coefficient (Wildman–Crippen LogP) is -0.0523. The minimum absolute atomic E-state index is 0.0880. The number of aromatic nitrogens is 1. The fourth-order valence-electron chi connectivity index (χ4n) is 4.55. The molecular weight excluding hydrogens is 368 g/mol. The number of hydrogen-bond donors (Lipinski definition) is 3. The zero-order valence-electron chi connectivity index (χ0n) is 15.5.